The monoisotopic (exact) mass is 471 g/mol. The Balaban J connectivity index is 0.000000177. The van der Waals surface area contributed by atoms with E-state index < -0.39 is 11.6 Å². The first-order valence-corrected chi connectivity index (χ1v) is 10.1. The number of hydrogen-bond acceptors (Lipinski definition) is 6. The Morgan fingerprint density at radius 1 is 1.30 bits per heavy atom. The number of Topliss-reactive ketones (excluding diaryl/α,β-unsaturated/α-hetero) is 1. The van der Waals surface area contributed by atoms with Crippen LogP contribution in [0, 0.1) is 0 Å². The normalized spacial score (nSPS) is 17.8. The highest BCUT2D eigenvalue weighted by molar-refractivity contribution is 9.10. The number of rotatable bonds is 1. The molecule has 3 heterocycles. The number of carbonyl (C=O) groups is 2. The van der Waals surface area contributed by atoms with E-state index in [1.807, 2.05) is 39.0 Å². The molecule has 0 radical (unpaired) electrons. The third-order valence-corrected chi connectivity index (χ3v) is 5.17. The number of ketones is 1. The van der Waals surface area contributed by atoms with Gasteiger partial charge < -0.3 is 14.7 Å². The van der Waals surface area contributed by atoms with Crippen molar-refractivity contribution in [1.82, 2.24) is 9.88 Å². The third kappa shape index (κ3) is 4.76. The lowest BCUT2D eigenvalue weighted by atomic mass is 9.94. The summed E-state index contributed by atoms with van der Waals surface area (Å²) in [6, 6.07) is 7.33. The minimum absolute atomic E-state index is 0.133. The summed E-state index contributed by atoms with van der Waals surface area (Å²) in [5, 5.41) is 8.91. The number of aliphatic carboxylic acids is 1. The Hall–Kier alpha value is -3.00. The number of carboxylic acid groups (broad SMARTS) is 1. The lowest BCUT2D eigenvalue weighted by Gasteiger charge is -2.30. The van der Waals surface area contributed by atoms with Crippen molar-refractivity contribution in [2.75, 3.05) is 7.05 Å². The molecule has 1 N–H and O–H groups in total. The Labute approximate surface area is 183 Å². The molecule has 156 valence electrons. The van der Waals surface area contributed by atoms with E-state index in [9.17, 15) is 9.59 Å². The largest absolute Gasteiger partial charge is 0.485 e. The van der Waals surface area contributed by atoms with Crippen LogP contribution in [-0.4, -0.2) is 45.2 Å². The third-order valence-electron chi connectivity index (χ3n) is 4.68. The Kier molecular flexibility index (Phi) is 6.07. The predicted molar refractivity (Wildman–Crippen MR) is 118 cm³/mol. The molecule has 7 nitrogen and oxygen atoms in total. The van der Waals surface area contributed by atoms with Gasteiger partial charge in [-0.1, -0.05) is 15.9 Å². The van der Waals surface area contributed by atoms with Gasteiger partial charge in [-0.2, -0.15) is 0 Å². The van der Waals surface area contributed by atoms with Crippen molar-refractivity contribution in [3.05, 3.63) is 58.3 Å². The molecule has 2 aliphatic rings. The van der Waals surface area contributed by atoms with Crippen LogP contribution in [0.15, 0.2) is 52.2 Å². The van der Waals surface area contributed by atoms with Gasteiger partial charge >= 0.3 is 5.97 Å². The van der Waals surface area contributed by atoms with Crippen molar-refractivity contribution in [2.24, 2.45) is 4.99 Å². The van der Waals surface area contributed by atoms with Crippen molar-refractivity contribution >= 4 is 44.9 Å². The minimum Gasteiger partial charge on any atom is -0.485 e. The summed E-state index contributed by atoms with van der Waals surface area (Å²) in [5.74, 6) is 0.539. The molecule has 4 rings (SSSR count). The predicted octanol–water partition coefficient (Wildman–Crippen LogP) is 4.70. The molecule has 0 atom stereocenters. The van der Waals surface area contributed by atoms with E-state index in [-0.39, 0.29) is 5.78 Å². The van der Waals surface area contributed by atoms with Gasteiger partial charge in [0.25, 0.3) is 0 Å². The van der Waals surface area contributed by atoms with E-state index in [0.717, 1.165) is 21.6 Å². The van der Waals surface area contributed by atoms with Crippen molar-refractivity contribution < 1.29 is 19.4 Å². The van der Waals surface area contributed by atoms with E-state index in [1.165, 1.54) is 6.08 Å². The van der Waals surface area contributed by atoms with Crippen molar-refractivity contribution in [3.63, 3.8) is 0 Å². The van der Waals surface area contributed by atoms with Gasteiger partial charge in [0, 0.05) is 29.4 Å². The fourth-order valence-corrected chi connectivity index (χ4v) is 3.58. The number of nitrogens with zero attached hydrogens (tertiary/aromatic N) is 3. The average molecular weight is 472 g/mol. The summed E-state index contributed by atoms with van der Waals surface area (Å²) in [4.78, 5) is 32.6. The zero-order chi connectivity index (χ0) is 22.1. The van der Waals surface area contributed by atoms with E-state index in [2.05, 4.69) is 25.9 Å². The highest BCUT2D eigenvalue weighted by Gasteiger charge is 2.32. The van der Waals surface area contributed by atoms with Crippen LogP contribution in [0.5, 0.6) is 5.75 Å². The molecule has 1 aromatic carbocycles. The number of halogens is 1. The number of ether oxygens (including phenoxy) is 1. The molecule has 0 saturated heterocycles. The van der Waals surface area contributed by atoms with Gasteiger partial charge in [-0.25, -0.2) is 9.79 Å². The average Bonchev–Trinajstić information content (AvgIpc) is 2.65. The second-order valence-corrected chi connectivity index (χ2v) is 8.50. The quantitative estimate of drug-likeness (QED) is 0.606. The molecule has 2 aromatic rings. The van der Waals surface area contributed by atoms with Crippen LogP contribution in [0.4, 0.5) is 5.69 Å². The summed E-state index contributed by atoms with van der Waals surface area (Å²) in [6.07, 6.45) is 4.83. The number of aliphatic imine (C=N–C) groups is 1. The maximum Gasteiger partial charge on any atom is 0.330 e. The number of carboxylic acids is 1. The number of hydrogen-bond donors (Lipinski definition) is 1. The summed E-state index contributed by atoms with van der Waals surface area (Å²) in [6.45, 7) is 5.66. The maximum absolute atomic E-state index is 11.6. The number of fused-ring (bicyclic) bond motifs is 2. The van der Waals surface area contributed by atoms with E-state index in [0.29, 0.717) is 23.4 Å². The van der Waals surface area contributed by atoms with Gasteiger partial charge in [0.1, 0.15) is 17.2 Å². The Morgan fingerprint density at radius 3 is 2.73 bits per heavy atom. The highest BCUT2D eigenvalue weighted by atomic mass is 79.9. The molecule has 8 heteroatoms. The fourth-order valence-electron chi connectivity index (χ4n) is 3.21. The molecule has 30 heavy (non-hydrogen) atoms. The molecule has 0 bridgehead atoms. The van der Waals surface area contributed by atoms with Crippen LogP contribution in [0.2, 0.25) is 0 Å². The SMILES string of the molecule is CC1(C)CC(=O)c2ccncc2O1.CC1=Nc2ccc(Br)cc2/C(=C/C(=O)O)N1C. The number of amidine groups is 1. The van der Waals surface area contributed by atoms with Gasteiger partial charge in [0.05, 0.1) is 29.6 Å². The first-order chi connectivity index (χ1) is 14.1. The molecule has 0 fully saturated rings. The number of aromatic nitrogens is 1. The Bertz CT molecular complexity index is 1080. The zero-order valence-corrected chi connectivity index (χ0v) is 18.7. The van der Waals surface area contributed by atoms with Crippen LogP contribution in [0.1, 0.15) is 43.1 Å². The number of benzene rings is 1. The molecular weight excluding hydrogens is 450 g/mol. The first kappa shape index (κ1) is 21.7. The van der Waals surface area contributed by atoms with Crippen molar-refractivity contribution in [2.45, 2.75) is 32.8 Å². The molecule has 0 aliphatic carbocycles. The summed E-state index contributed by atoms with van der Waals surface area (Å²) in [5.41, 5.74) is 2.49. The minimum atomic E-state index is -0.965. The summed E-state index contributed by atoms with van der Waals surface area (Å²) < 4.78 is 6.51. The van der Waals surface area contributed by atoms with Gasteiger partial charge in [-0.3, -0.25) is 9.78 Å². The number of carbonyl (C=O) groups excluding carboxylic acids is 1. The van der Waals surface area contributed by atoms with Crippen LogP contribution in [0.25, 0.3) is 5.70 Å². The summed E-state index contributed by atoms with van der Waals surface area (Å²) >= 11 is 3.38. The molecule has 1 aromatic heterocycles. The molecule has 0 amide bonds. The topological polar surface area (TPSA) is 92.1 Å². The molecule has 2 aliphatic heterocycles. The number of pyridine rings is 1. The first-order valence-electron chi connectivity index (χ1n) is 9.27. The van der Waals surface area contributed by atoms with Crippen molar-refractivity contribution in [3.8, 4) is 5.75 Å². The lowest BCUT2D eigenvalue weighted by Crippen LogP contribution is -2.35. The molecule has 0 unspecified atom stereocenters. The van der Waals surface area contributed by atoms with Gasteiger partial charge in [0.2, 0.25) is 0 Å². The Morgan fingerprint density at radius 2 is 2.03 bits per heavy atom. The van der Waals surface area contributed by atoms with E-state index in [1.54, 1.807) is 30.4 Å². The second kappa shape index (κ2) is 8.39. The molecule has 0 saturated carbocycles. The van der Waals surface area contributed by atoms with Crippen LogP contribution in [0.3, 0.4) is 0 Å². The second-order valence-electron chi connectivity index (χ2n) is 7.58. The standard InChI is InChI=1S/C12H11BrN2O2.C10H11NO2/c1-7-14-10-4-3-8(13)5-9(10)11(15(7)2)6-12(16)17;1-10(2)5-8(12)7-3-4-11-6-9(7)13-10/h3-6H,1-2H3,(H,16,17);3-4,6H,5H2,1-2H3/b11-6-;. The van der Waals surface area contributed by atoms with E-state index in [4.69, 9.17) is 9.84 Å². The van der Waals surface area contributed by atoms with Crippen molar-refractivity contribution in [1.29, 1.82) is 0 Å². The van der Waals surface area contributed by atoms with Crippen LogP contribution < -0.4 is 4.74 Å². The molecule has 0 spiro atoms. The lowest BCUT2D eigenvalue weighted by molar-refractivity contribution is -0.131. The van der Waals surface area contributed by atoms with Gasteiger partial charge in [0.15, 0.2) is 5.78 Å². The van der Waals surface area contributed by atoms with Crippen LogP contribution >= 0.6 is 15.9 Å². The van der Waals surface area contributed by atoms with Crippen LogP contribution in [-0.2, 0) is 4.79 Å². The van der Waals surface area contributed by atoms with Gasteiger partial charge in [-0.15, -0.1) is 0 Å². The fraction of sp³-hybridized carbons (Fsp3) is 0.273. The smallest absolute Gasteiger partial charge is 0.330 e. The zero-order valence-electron chi connectivity index (χ0n) is 17.1. The molecular formula is C22H22BrN3O4. The van der Waals surface area contributed by atoms with Gasteiger partial charge in [-0.05, 0) is 45.0 Å². The highest BCUT2D eigenvalue weighted by Crippen LogP contribution is 2.35. The van der Waals surface area contributed by atoms with E-state index >= 15 is 0 Å². The summed E-state index contributed by atoms with van der Waals surface area (Å²) in [7, 11) is 1.80. The maximum atomic E-state index is 11.6.